The van der Waals surface area contributed by atoms with E-state index in [-0.39, 0.29) is 12.6 Å². The molecule has 0 saturated carbocycles. The Morgan fingerprint density at radius 1 is 1.53 bits per heavy atom. The zero-order valence-electron chi connectivity index (χ0n) is 9.85. The van der Waals surface area contributed by atoms with Crippen LogP contribution in [0.5, 0.6) is 0 Å². The Hall–Kier alpha value is -1.11. The minimum atomic E-state index is -0.846. The molecule has 0 aromatic carbocycles. The summed E-state index contributed by atoms with van der Waals surface area (Å²) in [5.74, 6) is -0.719. The highest BCUT2D eigenvalue weighted by Gasteiger charge is 2.30. The third-order valence-corrected chi connectivity index (χ3v) is 3.57. The molecule has 0 aromatic heterocycles. The molecule has 0 radical (unpaired) electrons. The monoisotopic (exact) mass is 262 g/mol. The third-order valence-electron chi connectivity index (χ3n) is 2.71. The molecule has 0 bridgehead atoms. The van der Waals surface area contributed by atoms with Crippen molar-refractivity contribution in [3.05, 3.63) is 0 Å². The van der Waals surface area contributed by atoms with Crippen molar-refractivity contribution in [2.75, 3.05) is 31.6 Å². The first kappa shape index (κ1) is 14.0. The Bertz CT molecular complexity index is 321. The van der Waals surface area contributed by atoms with Crippen molar-refractivity contribution in [3.8, 4) is 0 Å². The summed E-state index contributed by atoms with van der Waals surface area (Å²) in [6, 6.07) is -0.226. The van der Waals surface area contributed by atoms with Crippen LogP contribution in [0.1, 0.15) is 12.8 Å². The Labute approximate surface area is 103 Å². The quantitative estimate of drug-likeness (QED) is 0.676. The van der Waals surface area contributed by atoms with Crippen molar-refractivity contribution in [1.82, 2.24) is 10.2 Å². The van der Waals surface area contributed by atoms with Gasteiger partial charge in [-0.15, -0.1) is 0 Å². The highest BCUT2D eigenvalue weighted by Crippen LogP contribution is 2.15. The first-order chi connectivity index (χ1) is 8.00. The van der Waals surface area contributed by atoms with E-state index in [9.17, 15) is 13.8 Å². The van der Waals surface area contributed by atoms with Crippen LogP contribution in [-0.4, -0.2) is 57.9 Å². The molecular formula is C10H18N2O4S. The van der Waals surface area contributed by atoms with Crippen molar-refractivity contribution in [3.63, 3.8) is 0 Å². The Kier molecular flexibility index (Phi) is 5.40. The predicted octanol–water partition coefficient (Wildman–Crippen LogP) is -0.129. The summed E-state index contributed by atoms with van der Waals surface area (Å²) >= 11 is 0. The van der Waals surface area contributed by atoms with Crippen molar-refractivity contribution in [1.29, 1.82) is 0 Å². The average molecular weight is 262 g/mol. The van der Waals surface area contributed by atoms with E-state index in [1.54, 1.807) is 6.26 Å². The number of nitrogens with one attached hydrogen (secondary N) is 1. The lowest BCUT2D eigenvalue weighted by molar-refractivity contribution is -0.141. The fourth-order valence-corrected chi connectivity index (χ4v) is 2.28. The van der Waals surface area contributed by atoms with Gasteiger partial charge in [0.1, 0.15) is 0 Å². The topological polar surface area (TPSA) is 86.7 Å². The van der Waals surface area contributed by atoms with Gasteiger partial charge in [-0.3, -0.25) is 9.00 Å². The molecular weight excluding hydrogens is 244 g/mol. The molecule has 2 atom stereocenters. The van der Waals surface area contributed by atoms with Crippen LogP contribution in [0.4, 0.5) is 4.79 Å². The number of hydrogen-bond acceptors (Lipinski definition) is 3. The maximum absolute atomic E-state index is 11.6. The molecule has 1 aliphatic rings. The van der Waals surface area contributed by atoms with E-state index in [1.807, 2.05) is 0 Å². The molecule has 1 fully saturated rings. The Balaban J connectivity index is 2.21. The number of aliphatic carboxylic acids is 1. The standard InChI is InChI=1S/C10H18N2O4S/c1-17(16)6-2-4-11-10(15)12-5-3-8(7-12)9(13)14/h8H,2-7H2,1H3,(H,11,15)(H,13,14). The van der Waals surface area contributed by atoms with Gasteiger partial charge in [0.2, 0.25) is 0 Å². The Morgan fingerprint density at radius 3 is 2.76 bits per heavy atom. The van der Waals surface area contributed by atoms with Crippen LogP contribution in [0.2, 0.25) is 0 Å². The molecule has 0 aliphatic carbocycles. The summed E-state index contributed by atoms with van der Waals surface area (Å²) in [5.41, 5.74) is 0. The van der Waals surface area contributed by atoms with E-state index in [1.165, 1.54) is 4.90 Å². The molecule has 6 nitrogen and oxygen atoms in total. The number of carbonyl (C=O) groups is 2. The smallest absolute Gasteiger partial charge is 0.317 e. The van der Waals surface area contributed by atoms with Crippen LogP contribution >= 0.6 is 0 Å². The number of carbonyl (C=O) groups excluding carboxylic acids is 1. The number of nitrogens with zero attached hydrogens (tertiary/aromatic N) is 1. The zero-order chi connectivity index (χ0) is 12.8. The first-order valence-corrected chi connectivity index (χ1v) is 7.29. The summed E-state index contributed by atoms with van der Waals surface area (Å²) in [6.45, 7) is 1.25. The van der Waals surface area contributed by atoms with E-state index < -0.39 is 22.7 Å². The second kappa shape index (κ2) is 6.58. The van der Waals surface area contributed by atoms with Crippen molar-refractivity contribution in [2.24, 2.45) is 5.92 Å². The van der Waals surface area contributed by atoms with Crippen molar-refractivity contribution >= 4 is 22.8 Å². The van der Waals surface area contributed by atoms with Gasteiger partial charge in [-0.2, -0.15) is 0 Å². The van der Waals surface area contributed by atoms with Crippen molar-refractivity contribution < 1.29 is 18.9 Å². The van der Waals surface area contributed by atoms with Crippen LogP contribution in [-0.2, 0) is 15.6 Å². The molecule has 1 rings (SSSR count). The summed E-state index contributed by atoms with van der Waals surface area (Å²) in [4.78, 5) is 23.8. The molecule has 7 heteroatoms. The maximum atomic E-state index is 11.6. The van der Waals surface area contributed by atoms with Gasteiger partial charge in [-0.25, -0.2) is 4.79 Å². The molecule has 2 N–H and O–H groups in total. The SMILES string of the molecule is CS(=O)CCCNC(=O)N1CCC(C(=O)O)C1. The van der Waals surface area contributed by atoms with Gasteiger partial charge in [0, 0.05) is 42.4 Å². The van der Waals surface area contributed by atoms with E-state index in [2.05, 4.69) is 5.32 Å². The van der Waals surface area contributed by atoms with E-state index in [4.69, 9.17) is 5.11 Å². The highest BCUT2D eigenvalue weighted by atomic mass is 32.2. The fraction of sp³-hybridized carbons (Fsp3) is 0.800. The van der Waals surface area contributed by atoms with Crippen LogP contribution in [0.3, 0.4) is 0 Å². The summed E-state index contributed by atoms with van der Waals surface area (Å²) in [7, 11) is -0.837. The third kappa shape index (κ3) is 4.72. The van der Waals surface area contributed by atoms with Gasteiger partial charge in [-0.1, -0.05) is 0 Å². The van der Waals surface area contributed by atoms with Gasteiger partial charge in [-0.05, 0) is 12.8 Å². The summed E-state index contributed by atoms with van der Waals surface area (Å²) in [6.07, 6.45) is 2.81. The highest BCUT2D eigenvalue weighted by molar-refractivity contribution is 7.84. The van der Waals surface area contributed by atoms with Crippen LogP contribution < -0.4 is 5.32 Å². The molecule has 98 valence electrons. The number of carboxylic acid groups (broad SMARTS) is 1. The largest absolute Gasteiger partial charge is 0.481 e. The predicted molar refractivity (Wildman–Crippen MR) is 64.3 cm³/mol. The number of carboxylic acids is 1. The van der Waals surface area contributed by atoms with E-state index in [0.29, 0.717) is 31.7 Å². The molecule has 1 saturated heterocycles. The molecule has 0 spiro atoms. The van der Waals surface area contributed by atoms with Gasteiger partial charge in [0.15, 0.2) is 0 Å². The maximum Gasteiger partial charge on any atom is 0.317 e. The minimum Gasteiger partial charge on any atom is -0.481 e. The number of urea groups is 1. The molecule has 2 unspecified atom stereocenters. The van der Waals surface area contributed by atoms with E-state index >= 15 is 0 Å². The van der Waals surface area contributed by atoms with E-state index in [0.717, 1.165) is 0 Å². The average Bonchev–Trinajstić information content (AvgIpc) is 2.73. The zero-order valence-corrected chi connectivity index (χ0v) is 10.7. The fourth-order valence-electron chi connectivity index (χ4n) is 1.73. The van der Waals surface area contributed by atoms with Gasteiger partial charge in [0.25, 0.3) is 0 Å². The Morgan fingerprint density at radius 2 is 2.24 bits per heavy atom. The number of hydrogen-bond donors (Lipinski definition) is 2. The number of amides is 2. The van der Waals surface area contributed by atoms with Crippen molar-refractivity contribution in [2.45, 2.75) is 12.8 Å². The van der Waals surface area contributed by atoms with Crippen LogP contribution in [0.25, 0.3) is 0 Å². The lowest BCUT2D eigenvalue weighted by Crippen LogP contribution is -2.39. The minimum absolute atomic E-state index is 0.226. The number of rotatable bonds is 5. The molecule has 2 amide bonds. The van der Waals surface area contributed by atoms with Gasteiger partial charge in [0.05, 0.1) is 5.92 Å². The lowest BCUT2D eigenvalue weighted by atomic mass is 10.1. The summed E-state index contributed by atoms with van der Waals surface area (Å²) < 4.78 is 10.8. The van der Waals surface area contributed by atoms with Crippen LogP contribution in [0, 0.1) is 5.92 Å². The molecule has 17 heavy (non-hydrogen) atoms. The lowest BCUT2D eigenvalue weighted by Gasteiger charge is -2.16. The second-order valence-corrected chi connectivity index (χ2v) is 5.69. The normalized spacial score (nSPS) is 21.2. The second-order valence-electron chi connectivity index (χ2n) is 4.13. The summed E-state index contributed by atoms with van der Waals surface area (Å²) in [5, 5.41) is 11.5. The van der Waals surface area contributed by atoms with Crippen LogP contribution in [0.15, 0.2) is 0 Å². The molecule has 1 heterocycles. The first-order valence-electron chi connectivity index (χ1n) is 5.56. The number of likely N-dealkylation sites (tertiary alicyclic amines) is 1. The van der Waals surface area contributed by atoms with Gasteiger partial charge < -0.3 is 15.3 Å². The molecule has 1 aliphatic heterocycles. The van der Waals surface area contributed by atoms with Gasteiger partial charge >= 0.3 is 12.0 Å². The molecule has 0 aromatic rings.